The van der Waals surface area contributed by atoms with Crippen molar-refractivity contribution < 1.29 is 9.53 Å². The molecule has 0 aromatic heterocycles. The average Bonchev–Trinajstić information content (AvgIpc) is 3.09. The number of ketones is 1. The first-order chi connectivity index (χ1) is 10.8. The van der Waals surface area contributed by atoms with E-state index < -0.39 is 0 Å². The lowest BCUT2D eigenvalue weighted by atomic mass is 9.76. The molecule has 0 bridgehead atoms. The Morgan fingerprint density at radius 3 is 2.14 bits per heavy atom. The molecule has 0 atom stereocenters. The number of rotatable bonds is 6. The minimum atomic E-state index is 0.349. The van der Waals surface area contributed by atoms with Gasteiger partial charge in [-0.25, -0.2) is 0 Å². The Bertz CT molecular complexity index is 337. The summed E-state index contributed by atoms with van der Waals surface area (Å²) in [5.41, 5.74) is 0. The quantitative estimate of drug-likeness (QED) is 0.747. The fraction of sp³-hybridized carbons (Fsp3) is 0.947. The summed E-state index contributed by atoms with van der Waals surface area (Å²) in [6, 6.07) is 0. The summed E-state index contributed by atoms with van der Waals surface area (Å²) < 4.78 is 6.07. The molecule has 0 radical (unpaired) electrons. The molecule has 2 saturated carbocycles. The summed E-state index contributed by atoms with van der Waals surface area (Å²) in [5.74, 6) is 1.34. The molecule has 0 amide bonds. The Morgan fingerprint density at radius 1 is 0.818 bits per heavy atom. The number of carbonyl (C=O) groups excluding carboxylic acids is 1. The fourth-order valence-corrected chi connectivity index (χ4v) is 4.59. The van der Waals surface area contributed by atoms with Gasteiger partial charge < -0.3 is 9.64 Å². The van der Waals surface area contributed by atoms with Gasteiger partial charge in [0.05, 0.1) is 12.7 Å². The fourth-order valence-electron chi connectivity index (χ4n) is 4.59. The number of likely N-dealkylation sites (tertiary alicyclic amines) is 1. The van der Waals surface area contributed by atoms with Crippen molar-refractivity contribution in [2.24, 2.45) is 11.8 Å². The summed E-state index contributed by atoms with van der Waals surface area (Å²) in [6.07, 6.45) is 13.7. The van der Waals surface area contributed by atoms with Gasteiger partial charge in [0.1, 0.15) is 5.78 Å². The SMILES string of the molecule is O=C(C1CCCCC1)C1CCC(OCCN2CCCC2)CC1. The molecule has 0 N–H and O–H groups in total. The number of ether oxygens (including phenoxy) is 1. The standard InChI is InChI=1S/C19H33NO2/c21-19(16-6-2-1-3-7-16)17-8-10-18(11-9-17)22-15-14-20-12-4-5-13-20/h16-18H,1-15H2. The smallest absolute Gasteiger partial charge is 0.139 e. The van der Waals surface area contributed by atoms with Crippen LogP contribution in [-0.2, 0) is 9.53 Å². The Balaban J connectivity index is 1.32. The van der Waals surface area contributed by atoms with Gasteiger partial charge in [-0.05, 0) is 64.5 Å². The van der Waals surface area contributed by atoms with E-state index in [0.717, 1.165) is 51.7 Å². The number of hydrogen-bond acceptors (Lipinski definition) is 3. The predicted molar refractivity (Wildman–Crippen MR) is 89.0 cm³/mol. The third-order valence-electron chi connectivity index (χ3n) is 6.04. The zero-order valence-electron chi connectivity index (χ0n) is 14.1. The summed E-state index contributed by atoms with van der Waals surface area (Å²) in [4.78, 5) is 15.1. The van der Waals surface area contributed by atoms with Crippen LogP contribution in [0, 0.1) is 11.8 Å². The highest BCUT2D eigenvalue weighted by molar-refractivity contribution is 5.83. The first kappa shape index (κ1) is 16.4. The van der Waals surface area contributed by atoms with Crippen LogP contribution in [0.25, 0.3) is 0 Å². The molecule has 1 aliphatic heterocycles. The summed E-state index contributed by atoms with van der Waals surface area (Å²) >= 11 is 0. The second kappa shape index (κ2) is 8.44. The third-order valence-corrected chi connectivity index (χ3v) is 6.04. The molecule has 3 rings (SSSR count). The van der Waals surface area contributed by atoms with Gasteiger partial charge >= 0.3 is 0 Å². The lowest BCUT2D eigenvalue weighted by Gasteiger charge is -2.31. The van der Waals surface area contributed by atoms with Crippen LogP contribution in [0.5, 0.6) is 0 Å². The van der Waals surface area contributed by atoms with Crippen molar-refractivity contribution in [1.82, 2.24) is 4.90 Å². The molecule has 0 aromatic carbocycles. The Morgan fingerprint density at radius 2 is 1.45 bits per heavy atom. The Hall–Kier alpha value is -0.410. The molecule has 3 heteroatoms. The van der Waals surface area contributed by atoms with Crippen LogP contribution in [0.15, 0.2) is 0 Å². The highest BCUT2D eigenvalue weighted by Gasteiger charge is 2.31. The lowest BCUT2D eigenvalue weighted by Crippen LogP contribution is -2.32. The maximum atomic E-state index is 12.6. The highest BCUT2D eigenvalue weighted by atomic mass is 16.5. The summed E-state index contributed by atoms with van der Waals surface area (Å²) in [7, 11) is 0. The number of hydrogen-bond donors (Lipinski definition) is 0. The first-order valence-electron chi connectivity index (χ1n) is 9.70. The highest BCUT2D eigenvalue weighted by Crippen LogP contribution is 2.33. The lowest BCUT2D eigenvalue weighted by molar-refractivity contribution is -0.129. The molecule has 1 heterocycles. The molecule has 0 spiro atoms. The first-order valence-corrected chi connectivity index (χ1v) is 9.70. The molecule has 1 saturated heterocycles. The van der Waals surface area contributed by atoms with Crippen LogP contribution in [0.3, 0.4) is 0 Å². The maximum Gasteiger partial charge on any atom is 0.139 e. The van der Waals surface area contributed by atoms with E-state index in [1.807, 2.05) is 0 Å². The van der Waals surface area contributed by atoms with Crippen molar-refractivity contribution in [3.8, 4) is 0 Å². The van der Waals surface area contributed by atoms with Gasteiger partial charge in [0.2, 0.25) is 0 Å². The molecular weight excluding hydrogens is 274 g/mol. The zero-order chi connectivity index (χ0) is 15.2. The maximum absolute atomic E-state index is 12.6. The summed E-state index contributed by atoms with van der Waals surface area (Å²) in [6.45, 7) is 4.49. The molecular formula is C19H33NO2. The van der Waals surface area contributed by atoms with Crippen LogP contribution < -0.4 is 0 Å². The largest absolute Gasteiger partial charge is 0.377 e. The topological polar surface area (TPSA) is 29.5 Å². The van der Waals surface area contributed by atoms with Crippen molar-refractivity contribution in [2.75, 3.05) is 26.2 Å². The Labute approximate surface area is 135 Å². The van der Waals surface area contributed by atoms with E-state index in [0.29, 0.717) is 23.7 Å². The molecule has 3 nitrogen and oxygen atoms in total. The minimum Gasteiger partial charge on any atom is -0.377 e. The van der Waals surface area contributed by atoms with Crippen molar-refractivity contribution in [3.63, 3.8) is 0 Å². The van der Waals surface area contributed by atoms with Crippen molar-refractivity contribution in [3.05, 3.63) is 0 Å². The van der Waals surface area contributed by atoms with E-state index in [2.05, 4.69) is 4.90 Å². The van der Waals surface area contributed by atoms with Gasteiger partial charge in [-0.3, -0.25) is 4.79 Å². The van der Waals surface area contributed by atoms with Crippen LogP contribution in [0.2, 0.25) is 0 Å². The van der Waals surface area contributed by atoms with Crippen molar-refractivity contribution in [1.29, 1.82) is 0 Å². The summed E-state index contributed by atoms with van der Waals surface area (Å²) in [5, 5.41) is 0. The minimum absolute atomic E-state index is 0.349. The number of carbonyl (C=O) groups is 1. The van der Waals surface area contributed by atoms with Crippen LogP contribution in [-0.4, -0.2) is 43.0 Å². The van der Waals surface area contributed by atoms with E-state index in [1.165, 1.54) is 45.2 Å². The van der Waals surface area contributed by atoms with E-state index in [9.17, 15) is 4.79 Å². The van der Waals surface area contributed by atoms with Gasteiger partial charge in [0.15, 0.2) is 0 Å². The average molecular weight is 307 g/mol. The van der Waals surface area contributed by atoms with Crippen molar-refractivity contribution in [2.45, 2.75) is 76.7 Å². The van der Waals surface area contributed by atoms with E-state index in [-0.39, 0.29) is 0 Å². The van der Waals surface area contributed by atoms with Crippen molar-refractivity contribution >= 4 is 5.78 Å². The van der Waals surface area contributed by atoms with Gasteiger partial charge in [0, 0.05) is 18.4 Å². The molecule has 2 aliphatic carbocycles. The van der Waals surface area contributed by atoms with Gasteiger partial charge in [0.25, 0.3) is 0 Å². The van der Waals surface area contributed by atoms with Gasteiger partial charge in [-0.15, -0.1) is 0 Å². The molecule has 3 fully saturated rings. The molecule has 0 unspecified atom stereocenters. The van der Waals surface area contributed by atoms with E-state index >= 15 is 0 Å². The molecule has 126 valence electrons. The number of nitrogens with zero attached hydrogens (tertiary/aromatic N) is 1. The van der Waals surface area contributed by atoms with Gasteiger partial charge in [-0.2, -0.15) is 0 Å². The third kappa shape index (κ3) is 4.55. The van der Waals surface area contributed by atoms with E-state index in [1.54, 1.807) is 0 Å². The van der Waals surface area contributed by atoms with Crippen LogP contribution >= 0.6 is 0 Å². The van der Waals surface area contributed by atoms with Crippen LogP contribution in [0.4, 0.5) is 0 Å². The monoisotopic (exact) mass is 307 g/mol. The van der Waals surface area contributed by atoms with Crippen LogP contribution in [0.1, 0.15) is 70.6 Å². The Kier molecular flexibility index (Phi) is 6.31. The second-order valence-corrected chi connectivity index (χ2v) is 7.63. The molecule has 3 aliphatic rings. The van der Waals surface area contributed by atoms with Gasteiger partial charge in [-0.1, -0.05) is 19.3 Å². The molecule has 0 aromatic rings. The van der Waals surface area contributed by atoms with E-state index in [4.69, 9.17) is 4.74 Å². The predicted octanol–water partition coefficient (Wildman–Crippen LogP) is 3.81. The number of Topliss-reactive ketones (excluding diaryl/α,β-unsaturated/α-hetero) is 1. The normalized spacial score (nSPS) is 31.5. The second-order valence-electron chi connectivity index (χ2n) is 7.63. The molecule has 22 heavy (non-hydrogen) atoms. The zero-order valence-corrected chi connectivity index (χ0v) is 14.1.